The molecule has 4 rings (SSSR count). The van der Waals surface area contributed by atoms with Gasteiger partial charge in [-0.25, -0.2) is 0 Å². The number of aryl methyl sites for hydroxylation is 1. The summed E-state index contributed by atoms with van der Waals surface area (Å²) in [7, 11) is 0. The molecule has 1 aromatic heterocycles. The van der Waals surface area contributed by atoms with Crippen LogP contribution in [0.4, 0.5) is 0 Å². The van der Waals surface area contributed by atoms with Gasteiger partial charge < -0.3 is 4.57 Å². The van der Waals surface area contributed by atoms with Gasteiger partial charge >= 0.3 is 0 Å². The molecule has 1 heterocycles. The summed E-state index contributed by atoms with van der Waals surface area (Å²) in [4.78, 5) is 24.9. The summed E-state index contributed by atoms with van der Waals surface area (Å²) in [6.45, 7) is 3.90. The number of amides is 2. The van der Waals surface area contributed by atoms with Gasteiger partial charge in [0.2, 0.25) is 5.91 Å². The van der Waals surface area contributed by atoms with Gasteiger partial charge in [-0.15, -0.1) is 0 Å². The van der Waals surface area contributed by atoms with E-state index in [9.17, 15) is 9.59 Å². The van der Waals surface area contributed by atoms with Crippen LogP contribution in [0.15, 0.2) is 36.4 Å². The number of carbonyl (C=O) groups is 2. The fraction of sp³-hybridized carbons (Fsp3) is 0.455. The Labute approximate surface area is 160 Å². The van der Waals surface area contributed by atoms with Crippen molar-refractivity contribution in [1.82, 2.24) is 15.4 Å². The van der Waals surface area contributed by atoms with Crippen LogP contribution in [0.3, 0.4) is 0 Å². The van der Waals surface area contributed by atoms with Gasteiger partial charge in [0.1, 0.15) is 0 Å². The highest BCUT2D eigenvalue weighted by atomic mass is 16.2. The van der Waals surface area contributed by atoms with Crippen LogP contribution in [0.2, 0.25) is 0 Å². The summed E-state index contributed by atoms with van der Waals surface area (Å²) < 4.78 is 2.05. The molecule has 2 aliphatic rings. The number of rotatable bonds is 4. The third kappa shape index (κ3) is 3.51. The average molecular weight is 365 g/mol. The number of para-hydroxylation sites is 1. The first-order valence-corrected chi connectivity index (χ1v) is 9.86. The van der Waals surface area contributed by atoms with E-state index in [1.165, 1.54) is 25.7 Å². The maximum absolute atomic E-state index is 12.6. The van der Waals surface area contributed by atoms with Gasteiger partial charge in [-0.1, -0.05) is 24.6 Å². The lowest BCUT2D eigenvalue weighted by atomic mass is 9.86. The second-order valence-corrected chi connectivity index (χ2v) is 8.10. The fourth-order valence-corrected chi connectivity index (χ4v) is 5.08. The lowest BCUT2D eigenvalue weighted by Gasteiger charge is -2.20. The molecule has 2 aliphatic carbocycles. The quantitative estimate of drug-likeness (QED) is 0.812. The minimum Gasteiger partial charge on any atom is -0.318 e. The van der Waals surface area contributed by atoms with Crippen LogP contribution >= 0.6 is 0 Å². The summed E-state index contributed by atoms with van der Waals surface area (Å²) in [6.07, 6.45) is 5.57. The number of hydrogen-bond donors (Lipinski definition) is 2. The Bertz CT molecular complexity index is 856. The molecular formula is C22H27N3O2. The molecule has 142 valence electrons. The van der Waals surface area contributed by atoms with E-state index in [1.807, 2.05) is 54.8 Å². The van der Waals surface area contributed by atoms with Gasteiger partial charge in [-0.05, 0) is 69.1 Å². The molecule has 5 nitrogen and oxygen atoms in total. The zero-order chi connectivity index (χ0) is 19.0. The number of hydrazine groups is 1. The number of hydrogen-bond acceptors (Lipinski definition) is 2. The summed E-state index contributed by atoms with van der Waals surface area (Å²) >= 11 is 0. The van der Waals surface area contributed by atoms with Crippen molar-refractivity contribution < 1.29 is 9.59 Å². The van der Waals surface area contributed by atoms with Gasteiger partial charge in [0.05, 0.1) is 5.56 Å². The number of benzene rings is 1. The molecule has 3 atom stereocenters. The largest absolute Gasteiger partial charge is 0.318 e. The number of nitrogens with one attached hydrogen (secondary N) is 2. The molecular weight excluding hydrogens is 338 g/mol. The van der Waals surface area contributed by atoms with Crippen LogP contribution in [0.25, 0.3) is 5.69 Å². The molecule has 5 heteroatoms. The van der Waals surface area contributed by atoms with Gasteiger partial charge in [0.15, 0.2) is 0 Å². The molecule has 2 saturated carbocycles. The molecule has 0 saturated heterocycles. The highest BCUT2D eigenvalue weighted by Gasteiger charge is 2.40. The molecule has 27 heavy (non-hydrogen) atoms. The maximum atomic E-state index is 12.6. The third-order valence-electron chi connectivity index (χ3n) is 6.34. The predicted octanol–water partition coefficient (Wildman–Crippen LogP) is 3.68. The lowest BCUT2D eigenvalue weighted by molar-refractivity contribution is -0.123. The van der Waals surface area contributed by atoms with Crippen LogP contribution < -0.4 is 10.9 Å². The Hall–Kier alpha value is -2.56. The Morgan fingerprint density at radius 2 is 1.85 bits per heavy atom. The van der Waals surface area contributed by atoms with E-state index in [0.29, 0.717) is 23.8 Å². The summed E-state index contributed by atoms with van der Waals surface area (Å²) in [6, 6.07) is 11.8. The Morgan fingerprint density at radius 3 is 2.52 bits per heavy atom. The van der Waals surface area contributed by atoms with Crippen molar-refractivity contribution in [3.8, 4) is 5.69 Å². The number of aromatic nitrogens is 1. The first-order valence-electron chi connectivity index (χ1n) is 9.86. The SMILES string of the molecule is Cc1cc(C(=O)NNC(=O)C[C@@H]2C[C@@H]3CC[C@@H]2C3)c(C)n1-c1ccccc1. The molecule has 0 aliphatic heterocycles. The smallest absolute Gasteiger partial charge is 0.271 e. The zero-order valence-corrected chi connectivity index (χ0v) is 16.0. The molecule has 1 aromatic carbocycles. The fourth-order valence-electron chi connectivity index (χ4n) is 5.08. The third-order valence-corrected chi connectivity index (χ3v) is 6.34. The van der Waals surface area contributed by atoms with E-state index >= 15 is 0 Å². The summed E-state index contributed by atoms with van der Waals surface area (Å²) in [5.74, 6) is 1.67. The van der Waals surface area contributed by atoms with Crippen LogP contribution in [0, 0.1) is 31.6 Å². The topological polar surface area (TPSA) is 63.1 Å². The van der Waals surface area contributed by atoms with E-state index in [2.05, 4.69) is 10.9 Å². The summed E-state index contributed by atoms with van der Waals surface area (Å²) in [5, 5.41) is 0. The Kier molecular flexibility index (Phi) is 4.77. The standard InChI is InChI=1S/C22H27N3O2/c1-14-10-20(15(2)25(14)19-6-4-3-5-7-19)22(27)24-23-21(26)13-18-12-16-8-9-17(18)11-16/h3-7,10,16-18H,8-9,11-13H2,1-2H3,(H,23,26)(H,24,27)/t16-,17-,18+/m1/s1. The van der Waals surface area contributed by atoms with Crippen molar-refractivity contribution in [2.24, 2.45) is 17.8 Å². The number of fused-ring (bicyclic) bond motifs is 2. The van der Waals surface area contributed by atoms with Crippen LogP contribution in [-0.2, 0) is 4.79 Å². The van der Waals surface area contributed by atoms with E-state index in [0.717, 1.165) is 23.0 Å². The van der Waals surface area contributed by atoms with Crippen LogP contribution in [0.1, 0.15) is 53.8 Å². The average Bonchev–Trinajstić information content (AvgIpc) is 3.35. The van der Waals surface area contributed by atoms with Crippen LogP contribution in [-0.4, -0.2) is 16.4 Å². The second kappa shape index (κ2) is 7.22. The van der Waals surface area contributed by atoms with Gasteiger partial charge in [-0.3, -0.25) is 20.4 Å². The van der Waals surface area contributed by atoms with Crippen molar-refractivity contribution in [3.05, 3.63) is 53.3 Å². The molecule has 2 aromatic rings. The van der Waals surface area contributed by atoms with Crippen molar-refractivity contribution in [2.45, 2.75) is 46.0 Å². The first kappa shape index (κ1) is 17.8. The molecule has 2 N–H and O–H groups in total. The van der Waals surface area contributed by atoms with Crippen molar-refractivity contribution >= 4 is 11.8 Å². The van der Waals surface area contributed by atoms with Gasteiger partial charge in [-0.2, -0.15) is 0 Å². The van der Waals surface area contributed by atoms with E-state index in [4.69, 9.17) is 0 Å². The van der Waals surface area contributed by atoms with E-state index < -0.39 is 0 Å². The van der Waals surface area contributed by atoms with Crippen molar-refractivity contribution in [1.29, 1.82) is 0 Å². The second-order valence-electron chi connectivity index (χ2n) is 8.10. The Balaban J connectivity index is 1.38. The van der Waals surface area contributed by atoms with Gasteiger partial charge in [0, 0.05) is 23.5 Å². The minimum atomic E-state index is -0.272. The molecule has 2 fully saturated rings. The zero-order valence-electron chi connectivity index (χ0n) is 16.0. The maximum Gasteiger partial charge on any atom is 0.271 e. The lowest BCUT2D eigenvalue weighted by Crippen LogP contribution is -2.42. The van der Waals surface area contributed by atoms with E-state index in [1.54, 1.807) is 0 Å². The highest BCUT2D eigenvalue weighted by Crippen LogP contribution is 2.49. The molecule has 2 amide bonds. The first-order chi connectivity index (χ1) is 13.0. The number of nitrogens with zero attached hydrogens (tertiary/aromatic N) is 1. The molecule has 2 bridgehead atoms. The molecule has 0 unspecified atom stereocenters. The van der Waals surface area contributed by atoms with Gasteiger partial charge in [0.25, 0.3) is 5.91 Å². The normalized spacial score (nSPS) is 23.4. The van der Waals surface area contributed by atoms with Crippen LogP contribution in [0.5, 0.6) is 0 Å². The van der Waals surface area contributed by atoms with E-state index in [-0.39, 0.29) is 11.8 Å². The number of carbonyl (C=O) groups excluding carboxylic acids is 2. The molecule has 0 spiro atoms. The monoisotopic (exact) mass is 365 g/mol. The highest BCUT2D eigenvalue weighted by molar-refractivity contribution is 5.97. The predicted molar refractivity (Wildman–Crippen MR) is 104 cm³/mol. The van der Waals surface area contributed by atoms with Crippen molar-refractivity contribution in [2.75, 3.05) is 0 Å². The Morgan fingerprint density at radius 1 is 1.07 bits per heavy atom. The summed E-state index contributed by atoms with van der Waals surface area (Å²) in [5.41, 5.74) is 8.66. The molecule has 0 radical (unpaired) electrons. The minimum absolute atomic E-state index is 0.0854. The van der Waals surface area contributed by atoms with Crippen molar-refractivity contribution in [3.63, 3.8) is 0 Å².